The summed E-state index contributed by atoms with van der Waals surface area (Å²) in [5, 5.41) is 8.19. The van der Waals surface area contributed by atoms with E-state index >= 15 is 0 Å². The van der Waals surface area contributed by atoms with Gasteiger partial charge in [-0.25, -0.2) is 0 Å². The molecule has 0 fully saturated rings. The Bertz CT molecular complexity index is 107. The Morgan fingerprint density at radius 1 is 1.89 bits per heavy atom. The molecule has 2 atom stereocenters. The summed E-state index contributed by atoms with van der Waals surface area (Å²) in [6, 6.07) is -1.07. The zero-order chi connectivity index (χ0) is 7.44. The van der Waals surface area contributed by atoms with Gasteiger partial charge in [0.15, 0.2) is 0 Å². The van der Waals surface area contributed by atoms with E-state index in [1.807, 2.05) is 0 Å². The Morgan fingerprint density at radius 3 is 2.44 bits per heavy atom. The van der Waals surface area contributed by atoms with Crippen LogP contribution < -0.4 is 5.73 Å². The smallest absolute Gasteiger partial charge is 0.320 e. The molecule has 0 aromatic carbocycles. The fourth-order valence-corrected chi connectivity index (χ4v) is 0.339. The van der Waals surface area contributed by atoms with E-state index in [4.69, 9.17) is 10.8 Å². The van der Waals surface area contributed by atoms with Crippen molar-refractivity contribution in [2.45, 2.75) is 13.0 Å². The SMILES string of the molecule is CC(CF)C(N)C(=O)O. The highest BCUT2D eigenvalue weighted by atomic mass is 19.1. The summed E-state index contributed by atoms with van der Waals surface area (Å²) in [6.07, 6.45) is 0. The van der Waals surface area contributed by atoms with Crippen LogP contribution in [0.5, 0.6) is 0 Å². The maximum absolute atomic E-state index is 11.7. The molecule has 0 saturated heterocycles. The lowest BCUT2D eigenvalue weighted by Gasteiger charge is -2.10. The number of rotatable bonds is 3. The molecule has 0 bridgehead atoms. The van der Waals surface area contributed by atoms with Crippen molar-refractivity contribution >= 4 is 5.97 Å². The van der Waals surface area contributed by atoms with Crippen molar-refractivity contribution in [1.29, 1.82) is 0 Å². The van der Waals surface area contributed by atoms with Crippen LogP contribution in [0, 0.1) is 5.92 Å². The Kier molecular flexibility index (Phi) is 3.16. The van der Waals surface area contributed by atoms with E-state index in [9.17, 15) is 9.18 Å². The fraction of sp³-hybridized carbons (Fsp3) is 0.800. The van der Waals surface area contributed by atoms with E-state index in [1.165, 1.54) is 6.92 Å². The van der Waals surface area contributed by atoms with Crippen LogP contribution in [-0.4, -0.2) is 23.8 Å². The molecule has 0 spiro atoms. The molecule has 0 radical (unpaired) electrons. The van der Waals surface area contributed by atoms with Crippen LogP contribution in [0.4, 0.5) is 4.39 Å². The molecule has 0 amide bonds. The monoisotopic (exact) mass is 135 g/mol. The lowest BCUT2D eigenvalue weighted by atomic mass is 10.1. The highest BCUT2D eigenvalue weighted by Gasteiger charge is 2.18. The molecular formula is C5H10FNO2. The summed E-state index contributed by atoms with van der Waals surface area (Å²) in [7, 11) is 0. The largest absolute Gasteiger partial charge is 0.480 e. The molecule has 0 aliphatic rings. The molecule has 0 aliphatic carbocycles. The van der Waals surface area contributed by atoms with Gasteiger partial charge in [0.25, 0.3) is 0 Å². The molecule has 0 aliphatic heterocycles. The summed E-state index contributed by atoms with van der Waals surface area (Å²) >= 11 is 0. The second-order valence-electron chi connectivity index (χ2n) is 2.00. The topological polar surface area (TPSA) is 63.3 Å². The average molecular weight is 135 g/mol. The Balaban J connectivity index is 3.72. The number of carbonyl (C=O) groups is 1. The summed E-state index contributed by atoms with van der Waals surface area (Å²) in [5.41, 5.74) is 5.03. The fourth-order valence-electron chi connectivity index (χ4n) is 0.339. The second-order valence-corrected chi connectivity index (χ2v) is 2.00. The van der Waals surface area contributed by atoms with Crippen LogP contribution in [0.3, 0.4) is 0 Å². The van der Waals surface area contributed by atoms with Gasteiger partial charge in [-0.15, -0.1) is 0 Å². The molecule has 0 rings (SSSR count). The standard InChI is InChI=1S/C5H10FNO2/c1-3(2-6)4(7)5(8)9/h3-4H,2,7H2,1H3,(H,8,9). The summed E-state index contributed by atoms with van der Waals surface area (Å²) in [4.78, 5) is 10.0. The maximum Gasteiger partial charge on any atom is 0.320 e. The quantitative estimate of drug-likeness (QED) is 0.572. The zero-order valence-electron chi connectivity index (χ0n) is 5.17. The number of carboxylic acids is 1. The first kappa shape index (κ1) is 8.36. The number of alkyl halides is 1. The molecule has 3 nitrogen and oxygen atoms in total. The third-order valence-electron chi connectivity index (χ3n) is 1.14. The van der Waals surface area contributed by atoms with Crippen molar-refractivity contribution in [1.82, 2.24) is 0 Å². The third-order valence-corrected chi connectivity index (χ3v) is 1.14. The van der Waals surface area contributed by atoms with Gasteiger partial charge >= 0.3 is 5.97 Å². The van der Waals surface area contributed by atoms with Gasteiger partial charge in [0.1, 0.15) is 6.04 Å². The van der Waals surface area contributed by atoms with Crippen molar-refractivity contribution < 1.29 is 14.3 Å². The predicted molar refractivity (Wildman–Crippen MR) is 30.8 cm³/mol. The summed E-state index contributed by atoms with van der Waals surface area (Å²) in [6.45, 7) is 0.770. The average Bonchev–Trinajstić information content (AvgIpc) is 1.84. The predicted octanol–water partition coefficient (Wildman–Crippen LogP) is 0.00390. The van der Waals surface area contributed by atoms with E-state index in [0.717, 1.165) is 0 Å². The van der Waals surface area contributed by atoms with E-state index < -0.39 is 24.6 Å². The van der Waals surface area contributed by atoms with Crippen LogP contribution in [0.15, 0.2) is 0 Å². The Morgan fingerprint density at radius 2 is 2.33 bits per heavy atom. The van der Waals surface area contributed by atoms with Crippen LogP contribution >= 0.6 is 0 Å². The van der Waals surface area contributed by atoms with Gasteiger partial charge in [0, 0.05) is 5.92 Å². The number of nitrogens with two attached hydrogens (primary N) is 1. The molecule has 0 aromatic rings. The van der Waals surface area contributed by atoms with Crippen LogP contribution in [-0.2, 0) is 4.79 Å². The molecule has 54 valence electrons. The van der Waals surface area contributed by atoms with Crippen molar-refractivity contribution in [3.05, 3.63) is 0 Å². The van der Waals surface area contributed by atoms with Gasteiger partial charge in [-0.05, 0) is 0 Å². The number of hydrogen-bond donors (Lipinski definition) is 2. The number of aliphatic carboxylic acids is 1. The number of hydrogen-bond acceptors (Lipinski definition) is 2. The Hall–Kier alpha value is -0.640. The van der Waals surface area contributed by atoms with Gasteiger partial charge in [-0.2, -0.15) is 0 Å². The molecule has 4 heteroatoms. The van der Waals surface area contributed by atoms with Crippen molar-refractivity contribution in [3.63, 3.8) is 0 Å². The molecule has 0 heterocycles. The van der Waals surface area contributed by atoms with Crippen molar-refractivity contribution in [2.75, 3.05) is 6.67 Å². The highest BCUT2D eigenvalue weighted by molar-refractivity contribution is 5.73. The summed E-state index contributed by atoms with van der Waals surface area (Å²) < 4.78 is 11.7. The minimum Gasteiger partial charge on any atom is -0.480 e. The first-order valence-electron chi connectivity index (χ1n) is 2.64. The lowest BCUT2D eigenvalue weighted by Crippen LogP contribution is -2.37. The summed E-state index contributed by atoms with van der Waals surface area (Å²) in [5.74, 6) is -1.75. The number of carboxylic acid groups (broad SMARTS) is 1. The highest BCUT2D eigenvalue weighted by Crippen LogP contribution is 2.00. The van der Waals surface area contributed by atoms with Gasteiger partial charge < -0.3 is 10.8 Å². The number of halogens is 1. The van der Waals surface area contributed by atoms with Crippen LogP contribution in [0.2, 0.25) is 0 Å². The second kappa shape index (κ2) is 3.40. The van der Waals surface area contributed by atoms with Gasteiger partial charge in [0.2, 0.25) is 0 Å². The third kappa shape index (κ3) is 2.41. The van der Waals surface area contributed by atoms with Gasteiger partial charge in [-0.3, -0.25) is 9.18 Å². The van der Waals surface area contributed by atoms with E-state index in [0.29, 0.717) is 0 Å². The van der Waals surface area contributed by atoms with Crippen molar-refractivity contribution in [2.24, 2.45) is 11.7 Å². The normalized spacial score (nSPS) is 16.8. The maximum atomic E-state index is 11.7. The zero-order valence-corrected chi connectivity index (χ0v) is 5.17. The first-order valence-corrected chi connectivity index (χ1v) is 2.64. The van der Waals surface area contributed by atoms with Crippen molar-refractivity contribution in [3.8, 4) is 0 Å². The van der Waals surface area contributed by atoms with E-state index in [1.54, 1.807) is 0 Å². The molecule has 3 N–H and O–H groups in total. The van der Waals surface area contributed by atoms with Crippen LogP contribution in [0.25, 0.3) is 0 Å². The van der Waals surface area contributed by atoms with E-state index in [2.05, 4.69) is 0 Å². The molecule has 9 heavy (non-hydrogen) atoms. The lowest BCUT2D eigenvalue weighted by molar-refractivity contribution is -0.139. The van der Waals surface area contributed by atoms with Gasteiger partial charge in [-0.1, -0.05) is 6.92 Å². The van der Waals surface area contributed by atoms with Crippen LogP contribution in [0.1, 0.15) is 6.92 Å². The van der Waals surface area contributed by atoms with E-state index in [-0.39, 0.29) is 0 Å². The Labute approximate surface area is 52.7 Å². The first-order chi connectivity index (χ1) is 4.09. The minimum absolute atomic E-state index is 0.595. The molecule has 2 unspecified atom stereocenters. The molecule has 0 aromatic heterocycles. The molecule has 0 saturated carbocycles. The minimum atomic E-state index is -1.15. The molecular weight excluding hydrogens is 125 g/mol. The van der Waals surface area contributed by atoms with Gasteiger partial charge in [0.05, 0.1) is 6.67 Å².